The van der Waals surface area contributed by atoms with Crippen LogP contribution in [0.4, 0.5) is 0 Å². The molecule has 0 radical (unpaired) electrons. The number of carbonyl (C=O) groups is 2. The summed E-state index contributed by atoms with van der Waals surface area (Å²) in [5.74, 6) is -0.317. The lowest BCUT2D eigenvalue weighted by Crippen LogP contribution is -2.47. The molecule has 0 heterocycles. The van der Waals surface area contributed by atoms with E-state index in [1.165, 1.54) is 4.90 Å². The first-order chi connectivity index (χ1) is 7.06. The number of carbonyl (C=O) groups excluding carboxylic acids is 2. The maximum absolute atomic E-state index is 11.7. The largest absolute Gasteiger partial charge is 0.358 e. The summed E-state index contributed by atoms with van der Waals surface area (Å²) in [4.78, 5) is 24.4. The highest BCUT2D eigenvalue weighted by Gasteiger charge is 2.20. The van der Waals surface area contributed by atoms with Crippen molar-refractivity contribution < 1.29 is 9.59 Å². The van der Waals surface area contributed by atoms with Crippen molar-refractivity contribution in [2.45, 2.75) is 32.7 Å². The van der Waals surface area contributed by atoms with Gasteiger partial charge in [0.05, 0.1) is 12.6 Å². The smallest absolute Gasteiger partial charge is 0.239 e. The van der Waals surface area contributed by atoms with Crippen molar-refractivity contribution in [3.63, 3.8) is 0 Å². The van der Waals surface area contributed by atoms with E-state index in [1.807, 2.05) is 13.8 Å². The number of rotatable bonds is 6. The Morgan fingerprint density at radius 1 is 1.40 bits per heavy atom. The van der Waals surface area contributed by atoms with Gasteiger partial charge in [-0.3, -0.25) is 9.59 Å². The Bertz CT molecular complexity index is 219. The second-order valence-electron chi connectivity index (χ2n) is 3.45. The molecule has 0 aliphatic carbocycles. The summed E-state index contributed by atoms with van der Waals surface area (Å²) in [6.07, 6.45) is 1.41. The maximum atomic E-state index is 11.7. The Morgan fingerprint density at radius 3 is 2.40 bits per heavy atom. The standard InChI is InChI=1S/C10H21N3O2/c1-4-6-13(7-9(14)12-3)10(15)8(11)5-2/h8H,4-7,11H2,1-3H3,(H,12,14)/t8-/m1/s1. The molecule has 0 aromatic rings. The van der Waals surface area contributed by atoms with Gasteiger partial charge in [0.25, 0.3) is 0 Å². The van der Waals surface area contributed by atoms with Gasteiger partial charge in [-0.15, -0.1) is 0 Å². The predicted octanol–water partition coefficient (Wildman–Crippen LogP) is -0.292. The van der Waals surface area contributed by atoms with Crippen molar-refractivity contribution in [1.82, 2.24) is 10.2 Å². The molecule has 15 heavy (non-hydrogen) atoms. The van der Waals surface area contributed by atoms with Crippen LogP contribution < -0.4 is 11.1 Å². The first-order valence-corrected chi connectivity index (χ1v) is 5.31. The number of hydrogen-bond donors (Lipinski definition) is 2. The van der Waals surface area contributed by atoms with Crippen LogP contribution in [-0.2, 0) is 9.59 Å². The molecule has 0 saturated carbocycles. The van der Waals surface area contributed by atoms with Crippen LogP contribution in [0.2, 0.25) is 0 Å². The van der Waals surface area contributed by atoms with Crippen molar-refractivity contribution >= 4 is 11.8 Å². The Hall–Kier alpha value is -1.10. The van der Waals surface area contributed by atoms with Crippen LogP contribution in [0.15, 0.2) is 0 Å². The molecule has 0 spiro atoms. The van der Waals surface area contributed by atoms with Gasteiger partial charge in [0.1, 0.15) is 0 Å². The van der Waals surface area contributed by atoms with Gasteiger partial charge < -0.3 is 16.0 Å². The van der Waals surface area contributed by atoms with Crippen LogP contribution in [0.1, 0.15) is 26.7 Å². The molecule has 0 saturated heterocycles. The van der Waals surface area contributed by atoms with Gasteiger partial charge >= 0.3 is 0 Å². The van der Waals surface area contributed by atoms with E-state index in [-0.39, 0.29) is 18.4 Å². The zero-order valence-electron chi connectivity index (χ0n) is 9.75. The van der Waals surface area contributed by atoms with Crippen molar-refractivity contribution in [3.8, 4) is 0 Å². The molecule has 88 valence electrons. The minimum absolute atomic E-state index is 0.0941. The zero-order valence-corrected chi connectivity index (χ0v) is 9.75. The summed E-state index contributed by atoms with van der Waals surface area (Å²) in [6.45, 7) is 4.48. The minimum atomic E-state index is -0.499. The summed E-state index contributed by atoms with van der Waals surface area (Å²) in [6, 6.07) is -0.499. The molecule has 0 fully saturated rings. The summed E-state index contributed by atoms with van der Waals surface area (Å²) >= 11 is 0. The van der Waals surface area contributed by atoms with Crippen molar-refractivity contribution in [1.29, 1.82) is 0 Å². The van der Waals surface area contributed by atoms with E-state index in [1.54, 1.807) is 7.05 Å². The Balaban J connectivity index is 4.37. The normalized spacial score (nSPS) is 12.0. The quantitative estimate of drug-likeness (QED) is 0.639. The van der Waals surface area contributed by atoms with Crippen LogP contribution in [0.5, 0.6) is 0 Å². The number of nitrogens with one attached hydrogen (secondary N) is 1. The highest BCUT2D eigenvalue weighted by atomic mass is 16.2. The average Bonchev–Trinajstić information content (AvgIpc) is 2.26. The molecule has 0 rings (SSSR count). The fraction of sp³-hybridized carbons (Fsp3) is 0.800. The highest BCUT2D eigenvalue weighted by molar-refractivity contribution is 5.87. The summed E-state index contributed by atoms with van der Waals surface area (Å²) in [7, 11) is 1.55. The van der Waals surface area contributed by atoms with Gasteiger partial charge in [0.2, 0.25) is 11.8 Å². The van der Waals surface area contributed by atoms with Crippen LogP contribution in [0.25, 0.3) is 0 Å². The third kappa shape index (κ3) is 4.78. The lowest BCUT2D eigenvalue weighted by atomic mass is 10.2. The molecule has 0 bridgehead atoms. The summed E-state index contributed by atoms with van der Waals surface area (Å²) in [5, 5.41) is 2.49. The molecule has 0 aliphatic rings. The van der Waals surface area contributed by atoms with Gasteiger partial charge in [-0.25, -0.2) is 0 Å². The SMILES string of the molecule is CCCN(CC(=O)NC)C(=O)[C@H](N)CC. The Kier molecular flexibility index (Phi) is 6.70. The van der Waals surface area contributed by atoms with Crippen LogP contribution in [0, 0.1) is 0 Å². The van der Waals surface area contributed by atoms with Crippen LogP contribution in [0.3, 0.4) is 0 Å². The monoisotopic (exact) mass is 215 g/mol. The number of hydrogen-bond acceptors (Lipinski definition) is 3. The molecular weight excluding hydrogens is 194 g/mol. The highest BCUT2D eigenvalue weighted by Crippen LogP contribution is 1.98. The Morgan fingerprint density at radius 2 is 2.00 bits per heavy atom. The fourth-order valence-electron chi connectivity index (χ4n) is 1.20. The molecule has 3 N–H and O–H groups in total. The van der Waals surface area contributed by atoms with Crippen LogP contribution >= 0.6 is 0 Å². The minimum Gasteiger partial charge on any atom is -0.358 e. The lowest BCUT2D eigenvalue weighted by Gasteiger charge is -2.23. The topological polar surface area (TPSA) is 75.4 Å². The van der Waals surface area contributed by atoms with E-state index in [2.05, 4.69) is 5.32 Å². The first-order valence-electron chi connectivity index (χ1n) is 5.31. The third-order valence-corrected chi connectivity index (χ3v) is 2.18. The van der Waals surface area contributed by atoms with Crippen molar-refractivity contribution in [3.05, 3.63) is 0 Å². The number of likely N-dealkylation sites (N-methyl/N-ethyl adjacent to an activating group) is 1. The third-order valence-electron chi connectivity index (χ3n) is 2.18. The maximum Gasteiger partial charge on any atom is 0.239 e. The van der Waals surface area contributed by atoms with E-state index in [0.29, 0.717) is 13.0 Å². The van der Waals surface area contributed by atoms with E-state index in [0.717, 1.165) is 6.42 Å². The summed E-state index contributed by atoms with van der Waals surface area (Å²) < 4.78 is 0. The molecule has 0 unspecified atom stereocenters. The molecule has 5 nitrogen and oxygen atoms in total. The van der Waals surface area contributed by atoms with Gasteiger partial charge in [0.15, 0.2) is 0 Å². The fourth-order valence-corrected chi connectivity index (χ4v) is 1.20. The van der Waals surface area contributed by atoms with E-state index in [4.69, 9.17) is 5.73 Å². The Labute approximate surface area is 91.0 Å². The lowest BCUT2D eigenvalue weighted by molar-refractivity contribution is -0.137. The number of nitrogens with two attached hydrogens (primary N) is 1. The second-order valence-corrected chi connectivity index (χ2v) is 3.45. The van der Waals surface area contributed by atoms with Gasteiger partial charge in [-0.05, 0) is 12.8 Å². The van der Waals surface area contributed by atoms with E-state index >= 15 is 0 Å². The van der Waals surface area contributed by atoms with Gasteiger partial charge in [-0.1, -0.05) is 13.8 Å². The van der Waals surface area contributed by atoms with Crippen molar-refractivity contribution in [2.24, 2.45) is 5.73 Å². The van der Waals surface area contributed by atoms with Gasteiger partial charge in [-0.2, -0.15) is 0 Å². The van der Waals surface area contributed by atoms with Gasteiger partial charge in [0, 0.05) is 13.6 Å². The molecule has 5 heteroatoms. The molecule has 0 aromatic heterocycles. The number of amides is 2. The molecule has 0 aromatic carbocycles. The molecule has 1 atom stereocenters. The van der Waals surface area contributed by atoms with Crippen molar-refractivity contribution in [2.75, 3.05) is 20.1 Å². The second kappa shape index (κ2) is 7.23. The predicted molar refractivity (Wildman–Crippen MR) is 59.2 cm³/mol. The van der Waals surface area contributed by atoms with E-state index in [9.17, 15) is 9.59 Å². The average molecular weight is 215 g/mol. The van der Waals surface area contributed by atoms with Crippen LogP contribution in [-0.4, -0.2) is 42.9 Å². The molecule has 0 aliphatic heterocycles. The first kappa shape index (κ1) is 13.9. The zero-order chi connectivity index (χ0) is 11.8. The molecular formula is C10H21N3O2. The molecule has 2 amide bonds. The van der Waals surface area contributed by atoms with E-state index < -0.39 is 6.04 Å². The summed E-state index contributed by atoms with van der Waals surface area (Å²) in [5.41, 5.74) is 5.64. The number of nitrogens with zero attached hydrogens (tertiary/aromatic N) is 1.